The Kier molecular flexibility index (Phi) is 7.82. The van der Waals surface area contributed by atoms with E-state index in [1.807, 2.05) is 6.92 Å². The molecule has 1 rings (SSSR count). The van der Waals surface area contributed by atoms with E-state index in [0.29, 0.717) is 12.1 Å². The zero-order valence-electron chi connectivity index (χ0n) is 15.1. The summed E-state index contributed by atoms with van der Waals surface area (Å²) in [7, 11) is 0. The van der Waals surface area contributed by atoms with E-state index in [9.17, 15) is 19.8 Å². The van der Waals surface area contributed by atoms with E-state index in [1.54, 1.807) is 32.0 Å². The summed E-state index contributed by atoms with van der Waals surface area (Å²) < 4.78 is 0. The van der Waals surface area contributed by atoms with Gasteiger partial charge in [-0.3, -0.25) is 14.6 Å². The Hall–Kier alpha value is -1.67. The summed E-state index contributed by atoms with van der Waals surface area (Å²) in [5.41, 5.74) is 12.3. The normalized spacial score (nSPS) is 16.8. The molecule has 0 aliphatic rings. The lowest BCUT2D eigenvalue weighted by Gasteiger charge is -2.30. The van der Waals surface area contributed by atoms with E-state index in [0.717, 1.165) is 6.42 Å². The molecule has 0 aliphatic heterocycles. The molecule has 1 heterocycles. The SMILES string of the molecule is CCCCC(O)(O)C(=O)C(C)C(C)[C@H](N)C(=O)C(N)c1ccccn1. The number of carbonyl (C=O) groups excluding carboxylic acids is 2. The molecule has 7 nitrogen and oxygen atoms in total. The molecular formula is C18H29N3O4. The molecular weight excluding hydrogens is 322 g/mol. The van der Waals surface area contributed by atoms with Crippen molar-refractivity contribution >= 4 is 11.6 Å². The van der Waals surface area contributed by atoms with E-state index in [-0.39, 0.29) is 6.42 Å². The van der Waals surface area contributed by atoms with Crippen LogP contribution in [0.4, 0.5) is 0 Å². The van der Waals surface area contributed by atoms with Gasteiger partial charge in [-0.15, -0.1) is 0 Å². The van der Waals surface area contributed by atoms with E-state index in [2.05, 4.69) is 4.98 Å². The predicted octanol–water partition coefficient (Wildman–Crippen LogP) is 0.690. The van der Waals surface area contributed by atoms with Gasteiger partial charge in [0.2, 0.25) is 5.79 Å². The fourth-order valence-corrected chi connectivity index (χ4v) is 2.63. The molecule has 25 heavy (non-hydrogen) atoms. The van der Waals surface area contributed by atoms with Gasteiger partial charge in [-0.05, 0) is 24.5 Å². The van der Waals surface area contributed by atoms with Crippen molar-refractivity contribution in [2.75, 3.05) is 0 Å². The Morgan fingerprint density at radius 2 is 1.88 bits per heavy atom. The molecule has 0 saturated heterocycles. The summed E-state index contributed by atoms with van der Waals surface area (Å²) in [4.78, 5) is 28.9. The number of nitrogens with zero attached hydrogens (tertiary/aromatic N) is 1. The molecule has 6 N–H and O–H groups in total. The Morgan fingerprint density at radius 3 is 2.40 bits per heavy atom. The van der Waals surface area contributed by atoms with Crippen molar-refractivity contribution in [2.45, 2.75) is 57.9 Å². The fourth-order valence-electron chi connectivity index (χ4n) is 2.63. The third kappa shape index (κ3) is 5.40. The van der Waals surface area contributed by atoms with Crippen LogP contribution >= 0.6 is 0 Å². The van der Waals surface area contributed by atoms with Gasteiger partial charge in [0.25, 0.3) is 0 Å². The quantitative estimate of drug-likeness (QED) is 0.455. The number of aromatic nitrogens is 1. The number of pyridine rings is 1. The molecule has 0 amide bonds. The first-order chi connectivity index (χ1) is 11.6. The van der Waals surface area contributed by atoms with Crippen LogP contribution in [0.3, 0.4) is 0 Å². The molecule has 0 aromatic carbocycles. The van der Waals surface area contributed by atoms with Crippen molar-refractivity contribution in [2.24, 2.45) is 23.3 Å². The Labute approximate surface area is 148 Å². The van der Waals surface area contributed by atoms with Gasteiger partial charge in [0.1, 0.15) is 6.04 Å². The Balaban J connectivity index is 2.81. The van der Waals surface area contributed by atoms with Gasteiger partial charge in [0.05, 0.1) is 11.7 Å². The van der Waals surface area contributed by atoms with Crippen LogP contribution in [0.25, 0.3) is 0 Å². The molecule has 1 aromatic heterocycles. The summed E-state index contributed by atoms with van der Waals surface area (Å²) in [6.07, 6.45) is 2.73. The van der Waals surface area contributed by atoms with Crippen LogP contribution in [0.5, 0.6) is 0 Å². The largest absolute Gasteiger partial charge is 0.360 e. The number of carbonyl (C=O) groups is 2. The number of Topliss-reactive ketones (excluding diaryl/α,β-unsaturated/α-hetero) is 2. The second kappa shape index (κ2) is 9.15. The number of unbranched alkanes of at least 4 members (excludes halogenated alkanes) is 1. The highest BCUT2D eigenvalue weighted by molar-refractivity contribution is 5.92. The molecule has 4 atom stereocenters. The smallest absolute Gasteiger partial charge is 0.224 e. The minimum atomic E-state index is -2.41. The van der Waals surface area contributed by atoms with Gasteiger partial charge in [0.15, 0.2) is 11.6 Å². The van der Waals surface area contributed by atoms with Gasteiger partial charge < -0.3 is 21.7 Å². The molecule has 0 spiro atoms. The van der Waals surface area contributed by atoms with Crippen molar-refractivity contribution in [1.29, 1.82) is 0 Å². The standard InChI is InChI=1S/C18H29N3O4/c1-4-5-9-18(24,25)17(23)12(3)11(2)14(19)16(22)15(20)13-8-6-7-10-21-13/h6-8,10-12,14-15,24-25H,4-5,9,19-20H2,1-3H3/t11?,12?,14-,15?/m0/s1. The Bertz CT molecular complexity index is 577. The zero-order valence-corrected chi connectivity index (χ0v) is 15.1. The first-order valence-corrected chi connectivity index (χ1v) is 8.58. The third-order valence-corrected chi connectivity index (χ3v) is 4.68. The first kappa shape index (κ1) is 21.4. The maximum Gasteiger partial charge on any atom is 0.224 e. The van der Waals surface area contributed by atoms with Crippen LogP contribution in [0.2, 0.25) is 0 Å². The lowest BCUT2D eigenvalue weighted by atomic mass is 9.80. The van der Waals surface area contributed by atoms with E-state index in [1.165, 1.54) is 6.20 Å². The molecule has 0 fully saturated rings. The van der Waals surface area contributed by atoms with Gasteiger partial charge in [0, 0.05) is 18.5 Å². The third-order valence-electron chi connectivity index (χ3n) is 4.68. The number of hydrogen-bond donors (Lipinski definition) is 4. The molecule has 0 bridgehead atoms. The van der Waals surface area contributed by atoms with E-state index >= 15 is 0 Å². The number of rotatable bonds is 10. The lowest BCUT2D eigenvalue weighted by Crippen LogP contribution is -2.50. The maximum atomic E-state index is 12.5. The van der Waals surface area contributed by atoms with Gasteiger partial charge >= 0.3 is 0 Å². The van der Waals surface area contributed by atoms with Gasteiger partial charge in [-0.25, -0.2) is 0 Å². The van der Waals surface area contributed by atoms with Gasteiger partial charge in [-0.2, -0.15) is 0 Å². The molecule has 0 radical (unpaired) electrons. The van der Waals surface area contributed by atoms with Crippen LogP contribution in [-0.4, -0.2) is 38.6 Å². The fraction of sp³-hybridized carbons (Fsp3) is 0.611. The first-order valence-electron chi connectivity index (χ1n) is 8.58. The number of nitrogens with two attached hydrogens (primary N) is 2. The minimum Gasteiger partial charge on any atom is -0.360 e. The molecule has 0 saturated carbocycles. The zero-order chi connectivity index (χ0) is 19.2. The molecule has 0 aliphatic carbocycles. The second-order valence-corrected chi connectivity index (χ2v) is 6.59. The maximum absolute atomic E-state index is 12.5. The van der Waals surface area contributed by atoms with Crippen molar-refractivity contribution in [3.63, 3.8) is 0 Å². The van der Waals surface area contributed by atoms with Crippen molar-refractivity contribution in [1.82, 2.24) is 4.98 Å². The average molecular weight is 351 g/mol. The minimum absolute atomic E-state index is 0.0456. The van der Waals surface area contributed by atoms with Crippen molar-refractivity contribution < 1.29 is 19.8 Å². The average Bonchev–Trinajstić information content (AvgIpc) is 2.63. The van der Waals surface area contributed by atoms with E-state index in [4.69, 9.17) is 11.5 Å². The lowest BCUT2D eigenvalue weighted by molar-refractivity contribution is -0.190. The predicted molar refractivity (Wildman–Crippen MR) is 94.2 cm³/mol. The van der Waals surface area contributed by atoms with Crippen molar-refractivity contribution in [3.8, 4) is 0 Å². The van der Waals surface area contributed by atoms with E-state index < -0.39 is 41.3 Å². The molecule has 3 unspecified atom stereocenters. The Morgan fingerprint density at radius 1 is 1.24 bits per heavy atom. The van der Waals surface area contributed by atoms with Crippen LogP contribution in [-0.2, 0) is 9.59 Å². The van der Waals surface area contributed by atoms with Crippen molar-refractivity contribution in [3.05, 3.63) is 30.1 Å². The number of aliphatic hydroxyl groups is 2. The summed E-state index contributed by atoms with van der Waals surface area (Å²) in [5, 5.41) is 20.0. The molecule has 140 valence electrons. The highest BCUT2D eigenvalue weighted by Crippen LogP contribution is 2.25. The summed E-state index contributed by atoms with van der Waals surface area (Å²) in [5.74, 6) is -4.99. The molecule has 7 heteroatoms. The molecule has 1 aromatic rings. The number of hydrogen-bond acceptors (Lipinski definition) is 7. The van der Waals surface area contributed by atoms with Crippen LogP contribution in [0.1, 0.15) is 51.8 Å². The van der Waals surface area contributed by atoms with Crippen LogP contribution < -0.4 is 11.5 Å². The van der Waals surface area contributed by atoms with Gasteiger partial charge in [-0.1, -0.05) is 33.3 Å². The second-order valence-electron chi connectivity index (χ2n) is 6.59. The summed E-state index contributed by atoms with van der Waals surface area (Å²) in [6.45, 7) is 5.06. The number of ketones is 2. The monoisotopic (exact) mass is 351 g/mol. The highest BCUT2D eigenvalue weighted by Gasteiger charge is 2.41. The van der Waals surface area contributed by atoms with Crippen LogP contribution in [0, 0.1) is 11.8 Å². The topological polar surface area (TPSA) is 140 Å². The highest BCUT2D eigenvalue weighted by atomic mass is 16.5. The summed E-state index contributed by atoms with van der Waals surface area (Å²) in [6, 6.07) is 3.05. The van der Waals surface area contributed by atoms with Crippen LogP contribution in [0.15, 0.2) is 24.4 Å². The summed E-state index contributed by atoms with van der Waals surface area (Å²) >= 11 is 0.